The topological polar surface area (TPSA) is 17.1 Å². The number of carbonyl (C=O) groups excluding carboxylic acids is 1. The zero-order valence-electron chi connectivity index (χ0n) is 10.6. The standard InChI is InChI=1S/C14H17BrF2O/c1-3-5-6-9(4-2)14(18)13-11(16)7-10(15)8-12(13)17/h7-9H,3-6H2,1-2H3. The van der Waals surface area contributed by atoms with E-state index in [1.54, 1.807) is 0 Å². The van der Waals surface area contributed by atoms with Crippen LogP contribution >= 0.6 is 15.9 Å². The Morgan fingerprint density at radius 2 is 1.83 bits per heavy atom. The maximum atomic E-state index is 13.7. The van der Waals surface area contributed by atoms with Crippen molar-refractivity contribution in [3.8, 4) is 0 Å². The van der Waals surface area contributed by atoms with Crippen molar-refractivity contribution in [1.29, 1.82) is 0 Å². The highest BCUT2D eigenvalue weighted by atomic mass is 79.9. The maximum Gasteiger partial charge on any atom is 0.171 e. The van der Waals surface area contributed by atoms with Gasteiger partial charge in [-0.05, 0) is 25.0 Å². The fourth-order valence-corrected chi connectivity index (χ4v) is 2.35. The first-order chi connectivity index (χ1) is 8.51. The number of carbonyl (C=O) groups is 1. The molecule has 0 radical (unpaired) electrons. The van der Waals surface area contributed by atoms with E-state index in [0.717, 1.165) is 25.0 Å². The van der Waals surface area contributed by atoms with E-state index in [1.807, 2.05) is 13.8 Å². The Morgan fingerprint density at radius 3 is 2.28 bits per heavy atom. The van der Waals surface area contributed by atoms with Gasteiger partial charge in [-0.1, -0.05) is 42.6 Å². The van der Waals surface area contributed by atoms with Crippen molar-refractivity contribution in [3.05, 3.63) is 33.8 Å². The fraction of sp³-hybridized carbons (Fsp3) is 0.500. The summed E-state index contributed by atoms with van der Waals surface area (Å²) in [5.41, 5.74) is -0.402. The van der Waals surface area contributed by atoms with E-state index in [9.17, 15) is 13.6 Å². The first-order valence-electron chi connectivity index (χ1n) is 6.20. The molecule has 1 aromatic rings. The van der Waals surface area contributed by atoms with Crippen molar-refractivity contribution in [2.24, 2.45) is 5.92 Å². The number of rotatable bonds is 6. The van der Waals surface area contributed by atoms with Crippen LogP contribution in [-0.4, -0.2) is 5.78 Å². The molecule has 18 heavy (non-hydrogen) atoms. The second-order valence-corrected chi connectivity index (χ2v) is 5.27. The molecule has 1 aromatic carbocycles. The summed E-state index contributed by atoms with van der Waals surface area (Å²) < 4.78 is 27.7. The molecule has 1 nitrogen and oxygen atoms in total. The van der Waals surface area contributed by atoms with Crippen molar-refractivity contribution >= 4 is 21.7 Å². The molecule has 0 saturated heterocycles. The second kappa shape index (κ2) is 6.98. The van der Waals surface area contributed by atoms with Gasteiger partial charge in [-0.2, -0.15) is 0 Å². The minimum absolute atomic E-state index is 0.296. The molecule has 0 heterocycles. The molecular weight excluding hydrogens is 302 g/mol. The van der Waals surface area contributed by atoms with Crippen molar-refractivity contribution in [1.82, 2.24) is 0 Å². The molecule has 1 atom stereocenters. The third-order valence-corrected chi connectivity index (χ3v) is 3.48. The van der Waals surface area contributed by atoms with Gasteiger partial charge >= 0.3 is 0 Å². The van der Waals surface area contributed by atoms with Crippen molar-refractivity contribution in [2.45, 2.75) is 39.5 Å². The number of hydrogen-bond acceptors (Lipinski definition) is 1. The Kier molecular flexibility index (Phi) is 5.93. The molecule has 0 spiro atoms. The first-order valence-corrected chi connectivity index (χ1v) is 6.99. The number of benzene rings is 1. The van der Waals surface area contributed by atoms with E-state index < -0.39 is 23.0 Å². The highest BCUT2D eigenvalue weighted by molar-refractivity contribution is 9.10. The third-order valence-electron chi connectivity index (χ3n) is 3.02. The molecule has 0 N–H and O–H groups in total. The van der Waals surface area contributed by atoms with Gasteiger partial charge in [-0.3, -0.25) is 4.79 Å². The molecule has 100 valence electrons. The van der Waals surface area contributed by atoms with E-state index in [-0.39, 0.29) is 5.92 Å². The molecule has 0 aliphatic rings. The maximum absolute atomic E-state index is 13.7. The highest BCUT2D eigenvalue weighted by Gasteiger charge is 2.24. The Morgan fingerprint density at radius 1 is 1.28 bits per heavy atom. The largest absolute Gasteiger partial charge is 0.294 e. The fourth-order valence-electron chi connectivity index (χ4n) is 1.95. The molecule has 0 fully saturated rings. The van der Waals surface area contributed by atoms with E-state index in [1.165, 1.54) is 0 Å². The molecule has 0 saturated carbocycles. The lowest BCUT2D eigenvalue weighted by Gasteiger charge is -2.14. The van der Waals surface area contributed by atoms with Gasteiger partial charge in [-0.25, -0.2) is 8.78 Å². The van der Waals surface area contributed by atoms with Crippen LogP contribution in [0.5, 0.6) is 0 Å². The van der Waals surface area contributed by atoms with Crippen molar-refractivity contribution in [2.75, 3.05) is 0 Å². The molecule has 0 aliphatic heterocycles. The van der Waals surface area contributed by atoms with Crippen LogP contribution in [0.2, 0.25) is 0 Å². The first kappa shape index (κ1) is 15.3. The van der Waals surface area contributed by atoms with E-state index >= 15 is 0 Å². The molecule has 1 unspecified atom stereocenters. The van der Waals surface area contributed by atoms with E-state index in [2.05, 4.69) is 15.9 Å². The van der Waals surface area contributed by atoms with Gasteiger partial charge in [0.25, 0.3) is 0 Å². The van der Waals surface area contributed by atoms with Crippen LogP contribution in [0.4, 0.5) is 8.78 Å². The van der Waals surface area contributed by atoms with Crippen molar-refractivity contribution in [3.63, 3.8) is 0 Å². The number of hydrogen-bond donors (Lipinski definition) is 0. The van der Waals surface area contributed by atoms with Crippen molar-refractivity contribution < 1.29 is 13.6 Å². The van der Waals surface area contributed by atoms with E-state index in [4.69, 9.17) is 0 Å². The molecule has 0 aromatic heterocycles. The summed E-state index contributed by atoms with van der Waals surface area (Å²) in [5, 5.41) is 0. The molecule has 0 bridgehead atoms. The lowest BCUT2D eigenvalue weighted by molar-refractivity contribution is 0.0899. The van der Waals surface area contributed by atoms with E-state index in [0.29, 0.717) is 17.3 Å². The Balaban J connectivity index is 3.01. The predicted octanol–water partition coefficient (Wildman–Crippen LogP) is 5.13. The molecular formula is C14H17BrF2O. The van der Waals surface area contributed by atoms with Crippen LogP contribution < -0.4 is 0 Å². The smallest absolute Gasteiger partial charge is 0.171 e. The SMILES string of the molecule is CCCCC(CC)C(=O)c1c(F)cc(Br)cc1F. The second-order valence-electron chi connectivity index (χ2n) is 4.36. The number of ketones is 1. The summed E-state index contributed by atoms with van der Waals surface area (Å²) in [6.07, 6.45) is 3.15. The quantitative estimate of drug-likeness (QED) is 0.665. The Labute approximate surface area is 115 Å². The zero-order chi connectivity index (χ0) is 13.7. The van der Waals surface area contributed by atoms with Crippen LogP contribution in [0.15, 0.2) is 16.6 Å². The Bertz CT molecular complexity index is 409. The zero-order valence-corrected chi connectivity index (χ0v) is 12.2. The van der Waals surface area contributed by atoms with Crippen LogP contribution in [0, 0.1) is 17.6 Å². The van der Waals surface area contributed by atoms with Gasteiger partial charge in [0.2, 0.25) is 0 Å². The third kappa shape index (κ3) is 3.61. The summed E-state index contributed by atoms with van der Waals surface area (Å²) in [7, 11) is 0. The summed E-state index contributed by atoms with van der Waals surface area (Å²) in [6.45, 7) is 3.89. The summed E-state index contributed by atoms with van der Waals surface area (Å²) >= 11 is 3.00. The molecule has 0 amide bonds. The predicted molar refractivity (Wildman–Crippen MR) is 71.7 cm³/mol. The molecule has 4 heteroatoms. The van der Waals surface area contributed by atoms with Gasteiger partial charge in [0.05, 0.1) is 5.56 Å². The average Bonchev–Trinajstić information content (AvgIpc) is 2.28. The number of halogens is 3. The summed E-state index contributed by atoms with van der Waals surface area (Å²) in [5.74, 6) is -2.30. The monoisotopic (exact) mass is 318 g/mol. The van der Waals surface area contributed by atoms with Crippen LogP contribution in [0.1, 0.15) is 49.9 Å². The molecule has 1 rings (SSSR count). The number of unbranched alkanes of at least 4 members (excludes halogenated alkanes) is 1. The van der Waals surface area contributed by atoms with Gasteiger partial charge in [-0.15, -0.1) is 0 Å². The van der Waals surface area contributed by atoms with Crippen LogP contribution in [0.25, 0.3) is 0 Å². The van der Waals surface area contributed by atoms with Gasteiger partial charge in [0, 0.05) is 10.4 Å². The van der Waals surface area contributed by atoms with Crippen LogP contribution in [0.3, 0.4) is 0 Å². The molecule has 0 aliphatic carbocycles. The minimum atomic E-state index is -0.790. The van der Waals surface area contributed by atoms with Gasteiger partial charge < -0.3 is 0 Å². The van der Waals surface area contributed by atoms with Gasteiger partial charge in [0.15, 0.2) is 5.78 Å². The average molecular weight is 319 g/mol. The lowest BCUT2D eigenvalue weighted by Crippen LogP contribution is -2.17. The Hall–Kier alpha value is -0.770. The number of Topliss-reactive ketones (excluding diaryl/α,β-unsaturated/α-hetero) is 1. The summed E-state index contributed by atoms with van der Waals surface area (Å²) in [4.78, 5) is 12.1. The summed E-state index contributed by atoms with van der Waals surface area (Å²) in [6, 6.07) is 2.26. The van der Waals surface area contributed by atoms with Gasteiger partial charge in [0.1, 0.15) is 11.6 Å². The van der Waals surface area contributed by atoms with Crippen LogP contribution in [-0.2, 0) is 0 Å². The normalized spacial score (nSPS) is 12.5. The lowest BCUT2D eigenvalue weighted by atomic mass is 9.90. The highest BCUT2D eigenvalue weighted by Crippen LogP contribution is 2.25. The minimum Gasteiger partial charge on any atom is -0.294 e.